The number of hydrogen-bond donors (Lipinski definition) is 2. The molecule has 104 valence electrons. The highest BCUT2D eigenvalue weighted by atomic mass is 32.2. The van der Waals surface area contributed by atoms with Gasteiger partial charge in [-0.05, 0) is 25.7 Å². The monoisotopic (exact) mass is 275 g/mol. The molecule has 1 spiro atoms. The van der Waals surface area contributed by atoms with Gasteiger partial charge < -0.3 is 20.3 Å². The summed E-state index contributed by atoms with van der Waals surface area (Å²) in [5.41, 5.74) is 5.51. The Hall–Kier alpha value is -0.300. The van der Waals surface area contributed by atoms with Crippen molar-refractivity contribution in [3.05, 3.63) is 0 Å². The number of rotatable bonds is 4. The van der Waals surface area contributed by atoms with Gasteiger partial charge in [0, 0.05) is 30.8 Å². The van der Waals surface area contributed by atoms with Gasteiger partial charge in [0.1, 0.15) is 6.04 Å². The first kappa shape index (κ1) is 14.1. The van der Waals surface area contributed by atoms with Crippen molar-refractivity contribution in [2.45, 2.75) is 42.6 Å². The number of thioether (sulfide) groups is 1. The highest BCUT2D eigenvalue weighted by Crippen LogP contribution is 2.38. The third kappa shape index (κ3) is 3.60. The Morgan fingerprint density at radius 2 is 2.17 bits per heavy atom. The average molecular weight is 275 g/mol. The molecule has 0 aromatic rings. The van der Waals surface area contributed by atoms with Gasteiger partial charge in [0.05, 0.1) is 5.60 Å². The first-order valence-corrected chi connectivity index (χ1v) is 7.48. The molecule has 1 unspecified atom stereocenters. The molecule has 2 rings (SSSR count). The zero-order valence-electron chi connectivity index (χ0n) is 10.5. The van der Waals surface area contributed by atoms with Crippen LogP contribution in [0.2, 0.25) is 0 Å². The molecule has 2 aliphatic heterocycles. The van der Waals surface area contributed by atoms with Crippen molar-refractivity contribution in [1.82, 2.24) is 0 Å². The summed E-state index contributed by atoms with van der Waals surface area (Å²) in [5.74, 6) is -0.442. The summed E-state index contributed by atoms with van der Waals surface area (Å²) in [6.45, 7) is 2.30. The molecule has 0 bridgehead atoms. The van der Waals surface area contributed by atoms with Gasteiger partial charge in [0.25, 0.3) is 0 Å². The van der Waals surface area contributed by atoms with E-state index in [2.05, 4.69) is 0 Å². The predicted octanol–water partition coefficient (Wildman–Crippen LogP) is 0.860. The molecule has 6 heteroatoms. The minimum atomic E-state index is -0.921. The maximum absolute atomic E-state index is 10.7. The van der Waals surface area contributed by atoms with Crippen LogP contribution in [0.5, 0.6) is 0 Å². The quantitative estimate of drug-likeness (QED) is 0.792. The van der Waals surface area contributed by atoms with Crippen LogP contribution >= 0.6 is 11.8 Å². The van der Waals surface area contributed by atoms with Gasteiger partial charge in [-0.15, -0.1) is 0 Å². The molecular formula is C12H21NO4S. The smallest absolute Gasteiger partial charge is 0.321 e. The van der Waals surface area contributed by atoms with Crippen molar-refractivity contribution in [1.29, 1.82) is 0 Å². The van der Waals surface area contributed by atoms with Crippen LogP contribution in [0.1, 0.15) is 25.7 Å². The fourth-order valence-electron chi connectivity index (χ4n) is 2.53. The molecule has 0 amide bonds. The topological polar surface area (TPSA) is 81.8 Å². The number of aliphatic carboxylic acids is 1. The standard InChI is InChI=1S/C12H21NO4S/c13-10(11(14)15)8-18-9-1-4-17-12(7-9)2-5-16-6-3-12/h9-10H,1-8,13H2,(H,14,15)/t9?,10-/m1/s1. The van der Waals surface area contributed by atoms with Gasteiger partial charge in [-0.25, -0.2) is 0 Å². The van der Waals surface area contributed by atoms with E-state index in [1.165, 1.54) is 0 Å². The fourth-order valence-corrected chi connectivity index (χ4v) is 3.83. The Balaban J connectivity index is 1.81. The lowest BCUT2D eigenvalue weighted by Crippen LogP contribution is -2.45. The number of hydrogen-bond acceptors (Lipinski definition) is 5. The molecule has 5 nitrogen and oxygen atoms in total. The molecule has 0 aromatic heterocycles. The van der Waals surface area contributed by atoms with E-state index in [0.717, 1.165) is 45.5 Å². The van der Waals surface area contributed by atoms with E-state index in [4.69, 9.17) is 20.3 Å². The summed E-state index contributed by atoms with van der Waals surface area (Å²) >= 11 is 1.67. The third-order valence-corrected chi connectivity index (χ3v) is 5.11. The highest BCUT2D eigenvalue weighted by Gasteiger charge is 2.39. The molecular weight excluding hydrogens is 254 g/mol. The Morgan fingerprint density at radius 3 is 2.83 bits per heavy atom. The van der Waals surface area contributed by atoms with Crippen LogP contribution in [0.25, 0.3) is 0 Å². The Kier molecular flexibility index (Phi) is 4.89. The molecule has 2 saturated heterocycles. The van der Waals surface area contributed by atoms with Gasteiger partial charge in [0.2, 0.25) is 0 Å². The van der Waals surface area contributed by atoms with Crippen LogP contribution in [0.3, 0.4) is 0 Å². The predicted molar refractivity (Wildman–Crippen MR) is 69.8 cm³/mol. The molecule has 18 heavy (non-hydrogen) atoms. The Bertz CT molecular complexity index is 288. The SMILES string of the molecule is N[C@H](CSC1CCOC2(CCOCC2)C1)C(=O)O. The summed E-state index contributed by atoms with van der Waals surface area (Å²) in [4.78, 5) is 10.7. The Labute approximate surface area is 111 Å². The summed E-state index contributed by atoms with van der Waals surface area (Å²) < 4.78 is 11.3. The molecule has 0 radical (unpaired) electrons. The first-order valence-electron chi connectivity index (χ1n) is 6.43. The summed E-state index contributed by atoms with van der Waals surface area (Å²) in [5, 5.41) is 9.23. The first-order chi connectivity index (χ1) is 8.61. The number of nitrogens with two attached hydrogens (primary N) is 1. The molecule has 2 atom stereocenters. The molecule has 2 fully saturated rings. The van der Waals surface area contributed by atoms with Gasteiger partial charge >= 0.3 is 5.97 Å². The minimum Gasteiger partial charge on any atom is -0.480 e. The van der Waals surface area contributed by atoms with Crippen LogP contribution in [0.15, 0.2) is 0 Å². The zero-order valence-corrected chi connectivity index (χ0v) is 11.3. The van der Waals surface area contributed by atoms with Crippen molar-refractivity contribution in [3.8, 4) is 0 Å². The highest BCUT2D eigenvalue weighted by molar-refractivity contribution is 8.00. The zero-order chi connectivity index (χ0) is 13.0. The minimum absolute atomic E-state index is 0.0263. The summed E-state index contributed by atoms with van der Waals surface area (Å²) in [7, 11) is 0. The van der Waals surface area contributed by atoms with E-state index >= 15 is 0 Å². The second-order valence-electron chi connectivity index (χ2n) is 5.04. The summed E-state index contributed by atoms with van der Waals surface area (Å²) in [6, 6.07) is -0.761. The van der Waals surface area contributed by atoms with Gasteiger partial charge in [-0.3, -0.25) is 4.79 Å². The Morgan fingerprint density at radius 1 is 1.44 bits per heavy atom. The lowest BCUT2D eigenvalue weighted by atomic mass is 9.86. The van der Waals surface area contributed by atoms with Crippen molar-refractivity contribution in [3.63, 3.8) is 0 Å². The second-order valence-corrected chi connectivity index (χ2v) is 6.37. The lowest BCUT2D eigenvalue weighted by molar-refractivity contribution is -0.137. The molecule has 0 saturated carbocycles. The van der Waals surface area contributed by atoms with Crippen LogP contribution < -0.4 is 5.73 Å². The van der Waals surface area contributed by atoms with E-state index in [1.807, 2.05) is 0 Å². The number of carboxylic acids is 1. The van der Waals surface area contributed by atoms with Gasteiger partial charge in [-0.1, -0.05) is 0 Å². The van der Waals surface area contributed by atoms with Crippen molar-refractivity contribution >= 4 is 17.7 Å². The van der Waals surface area contributed by atoms with Crippen molar-refractivity contribution in [2.24, 2.45) is 5.73 Å². The van der Waals surface area contributed by atoms with Crippen LogP contribution in [0, 0.1) is 0 Å². The fraction of sp³-hybridized carbons (Fsp3) is 0.917. The number of ether oxygens (including phenoxy) is 2. The van der Waals surface area contributed by atoms with E-state index in [9.17, 15) is 4.79 Å². The van der Waals surface area contributed by atoms with Crippen molar-refractivity contribution in [2.75, 3.05) is 25.6 Å². The second kappa shape index (κ2) is 6.23. The van der Waals surface area contributed by atoms with Crippen LogP contribution in [0.4, 0.5) is 0 Å². The third-order valence-electron chi connectivity index (χ3n) is 3.68. The molecule has 0 aromatic carbocycles. The van der Waals surface area contributed by atoms with E-state index in [-0.39, 0.29) is 5.60 Å². The molecule has 0 aliphatic carbocycles. The van der Waals surface area contributed by atoms with E-state index < -0.39 is 12.0 Å². The maximum atomic E-state index is 10.7. The molecule has 2 heterocycles. The van der Waals surface area contributed by atoms with Crippen LogP contribution in [-0.4, -0.2) is 53.5 Å². The van der Waals surface area contributed by atoms with Gasteiger partial charge in [0.15, 0.2) is 0 Å². The molecule has 2 aliphatic rings. The van der Waals surface area contributed by atoms with E-state index in [1.54, 1.807) is 11.8 Å². The molecule has 3 N–H and O–H groups in total. The largest absolute Gasteiger partial charge is 0.480 e. The van der Waals surface area contributed by atoms with Gasteiger partial charge in [-0.2, -0.15) is 11.8 Å². The number of carbonyl (C=O) groups is 1. The van der Waals surface area contributed by atoms with E-state index in [0.29, 0.717) is 11.0 Å². The van der Waals surface area contributed by atoms with Crippen LogP contribution in [-0.2, 0) is 14.3 Å². The summed E-state index contributed by atoms with van der Waals surface area (Å²) in [6.07, 6.45) is 3.89. The average Bonchev–Trinajstić information content (AvgIpc) is 2.37. The maximum Gasteiger partial charge on any atom is 0.321 e. The van der Waals surface area contributed by atoms with Crippen molar-refractivity contribution < 1.29 is 19.4 Å². The number of carboxylic acid groups (broad SMARTS) is 1. The lowest BCUT2D eigenvalue weighted by Gasteiger charge is -2.43. The normalized spacial score (nSPS) is 29.1.